The largest absolute Gasteiger partial charge is 0.326 e. The summed E-state index contributed by atoms with van der Waals surface area (Å²) in [6.07, 6.45) is 0.454. The Morgan fingerprint density at radius 2 is 1.57 bits per heavy atom. The molecule has 2 aromatic rings. The van der Waals surface area contributed by atoms with E-state index < -0.39 is 0 Å². The molecule has 0 spiro atoms. The van der Waals surface area contributed by atoms with E-state index in [1.807, 2.05) is 52.0 Å². The number of carbonyl (C=O) groups excluding carboxylic acids is 2. The van der Waals surface area contributed by atoms with Crippen LogP contribution in [0.2, 0.25) is 10.0 Å². The van der Waals surface area contributed by atoms with Crippen molar-refractivity contribution in [3.05, 3.63) is 52.5 Å². The number of hydrogen-bond acceptors (Lipinski definition) is 3. The first-order chi connectivity index (χ1) is 13.0. The first kappa shape index (κ1) is 22.6. The summed E-state index contributed by atoms with van der Waals surface area (Å²) in [5.74, 6) is -0.145. The van der Waals surface area contributed by atoms with Gasteiger partial charge in [0.25, 0.3) is 0 Å². The third-order valence-corrected chi connectivity index (χ3v) is 5.55. The molecule has 1 unspecified atom stereocenters. The Morgan fingerprint density at radius 3 is 2.14 bits per heavy atom. The Balaban J connectivity index is 1.90. The van der Waals surface area contributed by atoms with E-state index >= 15 is 0 Å². The monoisotopic (exact) mass is 438 g/mol. The van der Waals surface area contributed by atoms with Gasteiger partial charge in [-0.2, -0.15) is 0 Å². The molecule has 2 N–H and O–H groups in total. The maximum atomic E-state index is 12.4. The van der Waals surface area contributed by atoms with Crippen LogP contribution in [0.4, 0.5) is 11.4 Å². The van der Waals surface area contributed by atoms with E-state index in [0.717, 1.165) is 10.6 Å². The second-order valence-electron chi connectivity index (χ2n) is 7.69. The van der Waals surface area contributed by atoms with E-state index in [-0.39, 0.29) is 22.5 Å². The molecule has 0 aliphatic rings. The highest BCUT2D eigenvalue weighted by Gasteiger charge is 2.17. The predicted molar refractivity (Wildman–Crippen MR) is 120 cm³/mol. The van der Waals surface area contributed by atoms with Gasteiger partial charge in [0.1, 0.15) is 0 Å². The normalized spacial score (nSPS) is 12.4. The minimum Gasteiger partial charge on any atom is -0.326 e. The molecule has 0 bridgehead atoms. The summed E-state index contributed by atoms with van der Waals surface area (Å²) in [4.78, 5) is 25.3. The molecule has 0 saturated carbocycles. The van der Waals surface area contributed by atoms with Crippen LogP contribution >= 0.6 is 35.0 Å². The van der Waals surface area contributed by atoms with Crippen molar-refractivity contribution in [2.75, 3.05) is 10.6 Å². The molecule has 0 saturated heterocycles. The quantitative estimate of drug-likeness (QED) is 0.506. The van der Waals surface area contributed by atoms with Crippen molar-refractivity contribution in [1.82, 2.24) is 0 Å². The summed E-state index contributed by atoms with van der Waals surface area (Å²) in [5, 5.41) is 6.25. The van der Waals surface area contributed by atoms with Crippen LogP contribution in [0.15, 0.2) is 47.4 Å². The summed E-state index contributed by atoms with van der Waals surface area (Å²) in [7, 11) is 0. The van der Waals surface area contributed by atoms with Gasteiger partial charge < -0.3 is 10.6 Å². The van der Waals surface area contributed by atoms with Crippen molar-refractivity contribution in [2.45, 2.75) is 44.3 Å². The highest BCUT2D eigenvalue weighted by atomic mass is 35.5. The number of thioether (sulfide) groups is 1. The van der Waals surface area contributed by atoms with E-state index in [2.05, 4.69) is 10.6 Å². The van der Waals surface area contributed by atoms with Crippen molar-refractivity contribution in [2.24, 2.45) is 5.41 Å². The fourth-order valence-electron chi connectivity index (χ4n) is 2.38. The van der Waals surface area contributed by atoms with Gasteiger partial charge in [0.05, 0.1) is 15.3 Å². The number of anilines is 2. The average Bonchev–Trinajstić information content (AvgIpc) is 2.58. The number of carbonyl (C=O) groups is 2. The molecule has 0 radical (unpaired) electrons. The molecule has 28 heavy (non-hydrogen) atoms. The summed E-state index contributed by atoms with van der Waals surface area (Å²) < 4.78 is 0. The SMILES string of the molecule is CC(Sc1ccc(NC(=O)CC(C)(C)C)cc1)C(=O)Nc1ccc(Cl)c(Cl)c1. The van der Waals surface area contributed by atoms with Crippen LogP contribution in [0.1, 0.15) is 34.1 Å². The van der Waals surface area contributed by atoms with Gasteiger partial charge in [0, 0.05) is 22.7 Å². The van der Waals surface area contributed by atoms with E-state index in [1.54, 1.807) is 18.2 Å². The van der Waals surface area contributed by atoms with Gasteiger partial charge >= 0.3 is 0 Å². The molecule has 0 fully saturated rings. The molecule has 0 aliphatic heterocycles. The van der Waals surface area contributed by atoms with Gasteiger partial charge in [0.2, 0.25) is 11.8 Å². The fourth-order valence-corrected chi connectivity index (χ4v) is 3.54. The van der Waals surface area contributed by atoms with Crippen LogP contribution < -0.4 is 10.6 Å². The maximum Gasteiger partial charge on any atom is 0.237 e. The van der Waals surface area contributed by atoms with E-state index in [0.29, 0.717) is 22.2 Å². The topological polar surface area (TPSA) is 58.2 Å². The fraction of sp³-hybridized carbons (Fsp3) is 0.333. The lowest BCUT2D eigenvalue weighted by Crippen LogP contribution is -2.22. The number of benzene rings is 2. The molecule has 2 amide bonds. The molecule has 2 aromatic carbocycles. The summed E-state index contributed by atoms with van der Waals surface area (Å²) in [6, 6.07) is 12.4. The van der Waals surface area contributed by atoms with Crippen LogP contribution in [0, 0.1) is 5.41 Å². The summed E-state index contributed by atoms with van der Waals surface area (Å²) in [6.45, 7) is 7.90. The molecule has 7 heteroatoms. The van der Waals surface area contributed by atoms with Crippen molar-refractivity contribution in [3.8, 4) is 0 Å². The van der Waals surface area contributed by atoms with Gasteiger partial charge in [-0.05, 0) is 54.8 Å². The molecule has 150 valence electrons. The average molecular weight is 439 g/mol. The third kappa shape index (κ3) is 7.38. The Labute approximate surface area is 180 Å². The Kier molecular flexibility index (Phi) is 7.81. The number of rotatable bonds is 6. The first-order valence-corrected chi connectivity index (χ1v) is 10.5. The lowest BCUT2D eigenvalue weighted by Gasteiger charge is -2.17. The van der Waals surface area contributed by atoms with E-state index in [1.165, 1.54) is 11.8 Å². The minimum atomic E-state index is -0.309. The lowest BCUT2D eigenvalue weighted by molar-refractivity contribution is -0.118. The molecule has 2 rings (SSSR count). The van der Waals surface area contributed by atoms with Crippen LogP contribution in [0.25, 0.3) is 0 Å². The number of hydrogen-bond donors (Lipinski definition) is 2. The van der Waals surface area contributed by atoms with Gasteiger partial charge in [0.15, 0.2) is 0 Å². The van der Waals surface area contributed by atoms with E-state index in [4.69, 9.17) is 23.2 Å². The molecule has 4 nitrogen and oxygen atoms in total. The van der Waals surface area contributed by atoms with Gasteiger partial charge in [-0.1, -0.05) is 44.0 Å². The van der Waals surface area contributed by atoms with E-state index in [9.17, 15) is 9.59 Å². The molecule has 1 atom stereocenters. The Hall–Kier alpha value is -1.69. The lowest BCUT2D eigenvalue weighted by atomic mass is 9.92. The van der Waals surface area contributed by atoms with Crippen LogP contribution in [-0.2, 0) is 9.59 Å². The zero-order chi connectivity index (χ0) is 20.9. The second kappa shape index (κ2) is 9.68. The standard InChI is InChI=1S/C21H24Cl2N2O2S/c1-13(20(27)25-15-7-10-17(22)18(23)11-15)28-16-8-5-14(6-9-16)24-19(26)12-21(2,3)4/h5-11,13H,12H2,1-4H3,(H,24,26)(H,25,27). The molecular formula is C21H24Cl2N2O2S. The smallest absolute Gasteiger partial charge is 0.237 e. The molecule has 0 heterocycles. The maximum absolute atomic E-state index is 12.4. The second-order valence-corrected chi connectivity index (χ2v) is 9.92. The Bertz CT molecular complexity index is 848. The molecule has 0 aliphatic carbocycles. The Morgan fingerprint density at radius 1 is 0.964 bits per heavy atom. The number of amides is 2. The van der Waals surface area contributed by atoms with Gasteiger partial charge in [-0.15, -0.1) is 11.8 Å². The third-order valence-electron chi connectivity index (χ3n) is 3.70. The zero-order valence-corrected chi connectivity index (χ0v) is 18.6. The highest BCUT2D eigenvalue weighted by molar-refractivity contribution is 8.00. The van der Waals surface area contributed by atoms with Crippen LogP contribution in [-0.4, -0.2) is 17.1 Å². The van der Waals surface area contributed by atoms with Crippen molar-refractivity contribution in [3.63, 3.8) is 0 Å². The molecular weight excluding hydrogens is 415 g/mol. The van der Waals surface area contributed by atoms with Gasteiger partial charge in [-0.3, -0.25) is 9.59 Å². The first-order valence-electron chi connectivity index (χ1n) is 8.86. The number of nitrogens with one attached hydrogen (secondary N) is 2. The van der Waals surface area contributed by atoms with Crippen molar-refractivity contribution in [1.29, 1.82) is 0 Å². The van der Waals surface area contributed by atoms with Crippen molar-refractivity contribution < 1.29 is 9.59 Å². The molecule has 0 aromatic heterocycles. The van der Waals surface area contributed by atoms with Crippen molar-refractivity contribution >= 4 is 58.2 Å². The summed E-state index contributed by atoms with van der Waals surface area (Å²) in [5.41, 5.74) is 1.28. The number of halogens is 2. The van der Waals surface area contributed by atoms with Crippen LogP contribution in [0.5, 0.6) is 0 Å². The minimum absolute atomic E-state index is 0.0118. The summed E-state index contributed by atoms with van der Waals surface area (Å²) >= 11 is 13.3. The zero-order valence-electron chi connectivity index (χ0n) is 16.3. The predicted octanol–water partition coefficient (Wildman–Crippen LogP) is 6.49. The van der Waals surface area contributed by atoms with Crippen LogP contribution in [0.3, 0.4) is 0 Å². The highest BCUT2D eigenvalue weighted by Crippen LogP contribution is 2.28. The van der Waals surface area contributed by atoms with Gasteiger partial charge in [-0.25, -0.2) is 0 Å².